The molecule has 1 fully saturated rings. The maximum atomic E-state index is 4.38. The zero-order valence-corrected chi connectivity index (χ0v) is 19.3. The molecule has 0 unspecified atom stereocenters. The van der Waals surface area contributed by atoms with Crippen LogP contribution in [0.5, 0.6) is 0 Å². The van der Waals surface area contributed by atoms with Crippen LogP contribution in [0, 0.1) is 5.41 Å². The summed E-state index contributed by atoms with van der Waals surface area (Å²) >= 11 is 0. The predicted octanol–water partition coefficient (Wildman–Crippen LogP) is 4.26. The molecule has 0 bridgehead atoms. The minimum atomic E-state index is 0. The molecular formula is C21H37IN4. The van der Waals surface area contributed by atoms with E-state index in [1.807, 2.05) is 7.05 Å². The van der Waals surface area contributed by atoms with Crippen LogP contribution in [0.25, 0.3) is 0 Å². The van der Waals surface area contributed by atoms with E-state index in [9.17, 15) is 0 Å². The Bertz CT molecular complexity index is 517. The highest BCUT2D eigenvalue weighted by atomic mass is 127. The molecule has 26 heavy (non-hydrogen) atoms. The number of nitrogens with zero attached hydrogens (tertiary/aromatic N) is 2. The van der Waals surface area contributed by atoms with Crippen molar-refractivity contribution in [1.29, 1.82) is 0 Å². The van der Waals surface area contributed by atoms with Gasteiger partial charge in [-0.25, -0.2) is 0 Å². The van der Waals surface area contributed by atoms with Gasteiger partial charge in [0, 0.05) is 39.3 Å². The van der Waals surface area contributed by atoms with Crippen molar-refractivity contribution in [1.82, 2.24) is 15.5 Å². The lowest BCUT2D eigenvalue weighted by Gasteiger charge is -2.33. The molecule has 148 valence electrons. The number of piperidine rings is 1. The third kappa shape index (κ3) is 9.21. The molecule has 0 saturated carbocycles. The van der Waals surface area contributed by atoms with Gasteiger partial charge in [-0.3, -0.25) is 9.89 Å². The maximum absolute atomic E-state index is 4.38. The Hall–Kier alpha value is -0.820. The van der Waals surface area contributed by atoms with Crippen LogP contribution < -0.4 is 10.6 Å². The Morgan fingerprint density at radius 1 is 1.15 bits per heavy atom. The van der Waals surface area contributed by atoms with E-state index in [2.05, 4.69) is 71.6 Å². The van der Waals surface area contributed by atoms with E-state index in [1.54, 1.807) is 0 Å². The first-order valence-corrected chi connectivity index (χ1v) is 9.70. The molecule has 0 aliphatic carbocycles. The molecule has 4 nitrogen and oxygen atoms in total. The normalized spacial score (nSPS) is 16.8. The fourth-order valence-electron chi connectivity index (χ4n) is 3.29. The molecule has 2 N–H and O–H groups in total. The average Bonchev–Trinajstić information content (AvgIpc) is 2.59. The molecule has 0 spiro atoms. The van der Waals surface area contributed by atoms with Gasteiger partial charge in [0.2, 0.25) is 0 Å². The summed E-state index contributed by atoms with van der Waals surface area (Å²) in [5, 5.41) is 7.07. The van der Waals surface area contributed by atoms with Gasteiger partial charge in [-0.2, -0.15) is 0 Å². The lowest BCUT2D eigenvalue weighted by Crippen LogP contribution is -2.48. The second kappa shape index (κ2) is 11.8. The molecule has 1 aromatic rings. The Morgan fingerprint density at radius 2 is 1.81 bits per heavy atom. The van der Waals surface area contributed by atoms with Crippen LogP contribution in [0.2, 0.25) is 0 Å². The van der Waals surface area contributed by atoms with Crippen LogP contribution in [0.1, 0.15) is 52.0 Å². The lowest BCUT2D eigenvalue weighted by molar-refractivity contribution is 0.198. The van der Waals surface area contributed by atoms with E-state index in [1.165, 1.54) is 31.2 Å². The van der Waals surface area contributed by atoms with Crippen molar-refractivity contribution in [2.75, 3.05) is 26.7 Å². The van der Waals surface area contributed by atoms with E-state index < -0.39 is 0 Å². The average molecular weight is 472 g/mol. The van der Waals surface area contributed by atoms with Gasteiger partial charge in [0.15, 0.2) is 5.96 Å². The molecule has 5 heteroatoms. The molecule has 0 aromatic heterocycles. The van der Waals surface area contributed by atoms with Crippen molar-refractivity contribution in [2.24, 2.45) is 10.4 Å². The fraction of sp³-hybridized carbons (Fsp3) is 0.667. The largest absolute Gasteiger partial charge is 0.356 e. The number of nitrogens with one attached hydrogen (secondary N) is 2. The summed E-state index contributed by atoms with van der Waals surface area (Å²) in [4.78, 5) is 6.93. The van der Waals surface area contributed by atoms with Gasteiger partial charge in [-0.05, 0) is 36.7 Å². The van der Waals surface area contributed by atoms with Crippen LogP contribution in [-0.4, -0.2) is 43.6 Å². The van der Waals surface area contributed by atoms with Crippen molar-refractivity contribution >= 4 is 29.9 Å². The smallest absolute Gasteiger partial charge is 0.191 e. The van der Waals surface area contributed by atoms with Crippen molar-refractivity contribution < 1.29 is 0 Å². The van der Waals surface area contributed by atoms with Crippen LogP contribution in [-0.2, 0) is 6.54 Å². The molecule has 1 aliphatic heterocycles. The quantitative estimate of drug-likeness (QED) is 0.281. The van der Waals surface area contributed by atoms with E-state index in [0.717, 1.165) is 32.1 Å². The van der Waals surface area contributed by atoms with Gasteiger partial charge in [0.05, 0.1) is 0 Å². The molecule has 0 amide bonds. The summed E-state index contributed by atoms with van der Waals surface area (Å²) in [7, 11) is 1.86. The minimum absolute atomic E-state index is 0. The first-order chi connectivity index (χ1) is 12.0. The van der Waals surface area contributed by atoms with Gasteiger partial charge in [-0.1, -0.05) is 51.1 Å². The van der Waals surface area contributed by atoms with Crippen molar-refractivity contribution in [3.05, 3.63) is 35.9 Å². The SMILES string of the molecule is CN=C(NCCCC(C)(C)C)NC1CCN(Cc2ccccc2)CC1.I. The summed E-state index contributed by atoms with van der Waals surface area (Å²) in [6.07, 6.45) is 4.76. The van der Waals surface area contributed by atoms with Crippen molar-refractivity contribution in [3.8, 4) is 0 Å². The number of likely N-dealkylation sites (tertiary alicyclic amines) is 1. The highest BCUT2D eigenvalue weighted by molar-refractivity contribution is 14.0. The summed E-state index contributed by atoms with van der Waals surface area (Å²) in [5.41, 5.74) is 1.81. The second-order valence-electron chi connectivity index (χ2n) is 8.34. The Kier molecular flexibility index (Phi) is 10.5. The van der Waals surface area contributed by atoms with Crippen LogP contribution >= 0.6 is 24.0 Å². The van der Waals surface area contributed by atoms with Crippen LogP contribution in [0.3, 0.4) is 0 Å². The topological polar surface area (TPSA) is 39.7 Å². The number of halogens is 1. The first kappa shape index (κ1) is 23.2. The number of hydrogen-bond acceptors (Lipinski definition) is 2. The molecule has 0 radical (unpaired) electrons. The Morgan fingerprint density at radius 3 is 2.38 bits per heavy atom. The monoisotopic (exact) mass is 472 g/mol. The van der Waals surface area contributed by atoms with Crippen LogP contribution in [0.4, 0.5) is 0 Å². The first-order valence-electron chi connectivity index (χ1n) is 9.70. The van der Waals surface area contributed by atoms with Gasteiger partial charge in [0.25, 0.3) is 0 Å². The number of aliphatic imine (C=N–C) groups is 1. The summed E-state index contributed by atoms with van der Waals surface area (Å²) in [6, 6.07) is 11.3. The summed E-state index contributed by atoms with van der Waals surface area (Å²) < 4.78 is 0. The van der Waals surface area contributed by atoms with Gasteiger partial charge >= 0.3 is 0 Å². The van der Waals surface area contributed by atoms with E-state index in [-0.39, 0.29) is 24.0 Å². The summed E-state index contributed by atoms with van der Waals surface area (Å²) in [5.74, 6) is 0.954. The Balaban J connectivity index is 0.00000338. The van der Waals surface area contributed by atoms with Gasteiger partial charge < -0.3 is 10.6 Å². The summed E-state index contributed by atoms with van der Waals surface area (Å²) in [6.45, 7) is 11.2. The fourth-order valence-corrected chi connectivity index (χ4v) is 3.29. The minimum Gasteiger partial charge on any atom is -0.356 e. The number of guanidine groups is 1. The van der Waals surface area contributed by atoms with Crippen molar-refractivity contribution in [2.45, 2.75) is 59.0 Å². The predicted molar refractivity (Wildman–Crippen MR) is 123 cm³/mol. The number of hydrogen-bond donors (Lipinski definition) is 2. The van der Waals surface area contributed by atoms with Gasteiger partial charge in [0.1, 0.15) is 0 Å². The molecule has 1 aromatic carbocycles. The zero-order chi connectivity index (χ0) is 18.1. The highest BCUT2D eigenvalue weighted by Crippen LogP contribution is 2.19. The number of benzene rings is 1. The second-order valence-corrected chi connectivity index (χ2v) is 8.34. The molecule has 0 atom stereocenters. The van der Waals surface area contributed by atoms with Crippen LogP contribution in [0.15, 0.2) is 35.3 Å². The molecule has 1 saturated heterocycles. The zero-order valence-electron chi connectivity index (χ0n) is 16.9. The molecule has 1 aliphatic rings. The van der Waals surface area contributed by atoms with E-state index >= 15 is 0 Å². The highest BCUT2D eigenvalue weighted by Gasteiger charge is 2.20. The molecule has 1 heterocycles. The van der Waals surface area contributed by atoms with Crippen molar-refractivity contribution in [3.63, 3.8) is 0 Å². The standard InChI is InChI=1S/C21H36N4.HI/c1-21(2,3)13-8-14-23-20(22-4)24-19-11-15-25(16-12-19)17-18-9-6-5-7-10-18;/h5-7,9-10,19H,8,11-17H2,1-4H3,(H2,22,23,24);1H. The lowest BCUT2D eigenvalue weighted by atomic mass is 9.91. The third-order valence-electron chi connectivity index (χ3n) is 4.80. The number of rotatable bonds is 6. The Labute approximate surface area is 177 Å². The van der Waals surface area contributed by atoms with E-state index in [0.29, 0.717) is 11.5 Å². The maximum Gasteiger partial charge on any atom is 0.191 e. The van der Waals surface area contributed by atoms with Gasteiger partial charge in [-0.15, -0.1) is 24.0 Å². The molecular weight excluding hydrogens is 435 g/mol. The van der Waals surface area contributed by atoms with E-state index in [4.69, 9.17) is 0 Å². The third-order valence-corrected chi connectivity index (χ3v) is 4.80. The molecule has 2 rings (SSSR count).